The van der Waals surface area contributed by atoms with Crippen LogP contribution in [0, 0.1) is 0 Å². The molecule has 1 rings (SSSR count). The molecular formula is C23H40SSn. The summed E-state index contributed by atoms with van der Waals surface area (Å²) in [7, 11) is 0. The number of benzene rings is 1. The Morgan fingerprint density at radius 2 is 1.36 bits per heavy atom. The number of unbranched alkanes of at least 4 members (excludes halogenated alkanes) is 4. The van der Waals surface area contributed by atoms with E-state index in [1.54, 1.807) is 13.3 Å². The van der Waals surface area contributed by atoms with E-state index in [2.05, 4.69) is 61.3 Å². The van der Waals surface area contributed by atoms with Crippen molar-refractivity contribution in [2.24, 2.45) is 0 Å². The molecule has 0 atom stereocenters. The van der Waals surface area contributed by atoms with Crippen molar-refractivity contribution in [3.05, 3.63) is 40.5 Å². The van der Waals surface area contributed by atoms with Gasteiger partial charge in [-0.1, -0.05) is 0 Å². The van der Waals surface area contributed by atoms with Gasteiger partial charge in [0.1, 0.15) is 0 Å². The molecular weight excluding hydrogens is 427 g/mol. The van der Waals surface area contributed by atoms with Crippen LogP contribution in [0.4, 0.5) is 0 Å². The standard InChI is InChI=1S/C11H13S.3C4H9.Sn/c1-2-3-7-10-12-11-8-5-4-6-9-11;3*1-3-4-2;/h1-2,4-6,8-9H,3,7,10H2;3*1,3-4H2,2H3;. The molecule has 142 valence electrons. The van der Waals surface area contributed by atoms with Crippen molar-refractivity contribution in [1.29, 1.82) is 0 Å². The van der Waals surface area contributed by atoms with E-state index in [0.717, 1.165) is 0 Å². The predicted octanol–water partition coefficient (Wildman–Crippen LogP) is 8.50. The molecule has 0 bridgehead atoms. The molecule has 25 heavy (non-hydrogen) atoms. The van der Waals surface area contributed by atoms with Crippen LogP contribution in [0.15, 0.2) is 45.4 Å². The topological polar surface area (TPSA) is 0 Å². The van der Waals surface area contributed by atoms with Gasteiger partial charge in [0, 0.05) is 0 Å². The Bertz CT molecular complexity index is 419. The van der Waals surface area contributed by atoms with Gasteiger partial charge in [-0.05, 0) is 0 Å². The van der Waals surface area contributed by atoms with Crippen LogP contribution in [-0.4, -0.2) is 24.1 Å². The zero-order valence-electron chi connectivity index (χ0n) is 16.9. The number of rotatable bonds is 15. The van der Waals surface area contributed by atoms with Crippen LogP contribution >= 0.6 is 11.8 Å². The van der Waals surface area contributed by atoms with E-state index < -0.39 is 18.4 Å². The minimum absolute atomic E-state index is 1.25. The molecule has 0 N–H and O–H groups in total. The quantitative estimate of drug-likeness (QED) is 0.142. The summed E-state index contributed by atoms with van der Waals surface area (Å²) >= 11 is -0.0118. The van der Waals surface area contributed by atoms with E-state index in [1.165, 1.54) is 62.0 Å². The van der Waals surface area contributed by atoms with Crippen molar-refractivity contribution in [2.45, 2.75) is 90.3 Å². The second kappa shape index (κ2) is 15.2. The average molecular weight is 467 g/mol. The second-order valence-corrected chi connectivity index (χ2v) is 21.6. The summed E-state index contributed by atoms with van der Waals surface area (Å²) in [5, 5.41) is 0. The summed E-state index contributed by atoms with van der Waals surface area (Å²) in [6, 6.07) is 10.8. The third-order valence-corrected chi connectivity index (χ3v) is 20.4. The van der Waals surface area contributed by atoms with Crippen LogP contribution in [0.5, 0.6) is 0 Å². The van der Waals surface area contributed by atoms with Crippen molar-refractivity contribution in [3.63, 3.8) is 0 Å². The van der Waals surface area contributed by atoms with Gasteiger partial charge in [-0.2, -0.15) is 0 Å². The third kappa shape index (κ3) is 10.8. The predicted molar refractivity (Wildman–Crippen MR) is 120 cm³/mol. The Morgan fingerprint density at radius 1 is 0.800 bits per heavy atom. The number of hydrogen-bond acceptors (Lipinski definition) is 1. The van der Waals surface area contributed by atoms with E-state index in [9.17, 15) is 0 Å². The van der Waals surface area contributed by atoms with Gasteiger partial charge in [0.2, 0.25) is 0 Å². The Hall–Kier alpha value is 0.109. The molecule has 0 aliphatic rings. The van der Waals surface area contributed by atoms with Crippen LogP contribution in [0.3, 0.4) is 0 Å². The summed E-state index contributed by atoms with van der Waals surface area (Å²) in [6.07, 6.45) is 13.7. The Morgan fingerprint density at radius 3 is 1.88 bits per heavy atom. The molecule has 0 aliphatic heterocycles. The molecule has 0 nitrogen and oxygen atoms in total. The fraction of sp³-hybridized carbons (Fsp3) is 0.652. The van der Waals surface area contributed by atoms with Crippen molar-refractivity contribution >= 4 is 30.1 Å². The van der Waals surface area contributed by atoms with Crippen molar-refractivity contribution < 1.29 is 0 Å². The molecule has 0 aromatic heterocycles. The van der Waals surface area contributed by atoms with Gasteiger partial charge in [-0.25, -0.2) is 0 Å². The Balaban J connectivity index is 2.47. The van der Waals surface area contributed by atoms with Crippen molar-refractivity contribution in [2.75, 3.05) is 5.75 Å². The number of allylic oxidation sites excluding steroid dienone is 1. The number of thioether (sulfide) groups is 1. The van der Waals surface area contributed by atoms with Gasteiger partial charge < -0.3 is 0 Å². The Kier molecular flexibility index (Phi) is 14.1. The number of hydrogen-bond donors (Lipinski definition) is 0. The monoisotopic (exact) mass is 468 g/mol. The molecule has 0 radical (unpaired) electrons. The van der Waals surface area contributed by atoms with Gasteiger partial charge in [-0.3, -0.25) is 0 Å². The molecule has 0 aliphatic carbocycles. The fourth-order valence-electron chi connectivity index (χ4n) is 3.45. The van der Waals surface area contributed by atoms with Crippen LogP contribution in [0.2, 0.25) is 13.3 Å². The zero-order chi connectivity index (χ0) is 18.2. The van der Waals surface area contributed by atoms with E-state index in [1.807, 2.05) is 11.8 Å². The molecule has 1 aromatic carbocycles. The first-order valence-corrected chi connectivity index (χ1v) is 19.3. The van der Waals surface area contributed by atoms with Gasteiger partial charge >= 0.3 is 167 Å². The van der Waals surface area contributed by atoms with Crippen LogP contribution in [-0.2, 0) is 0 Å². The molecule has 0 saturated heterocycles. The molecule has 0 spiro atoms. The SMILES string of the molecule is CCC[CH2][Sn](/[CH]=C/CCCSc1ccccc1)([CH2]CCC)[CH2]CCC. The fourth-order valence-corrected chi connectivity index (χ4v) is 18.9. The molecule has 0 saturated carbocycles. The van der Waals surface area contributed by atoms with Crippen LogP contribution < -0.4 is 0 Å². The third-order valence-electron chi connectivity index (χ3n) is 5.08. The van der Waals surface area contributed by atoms with Gasteiger partial charge in [0.15, 0.2) is 0 Å². The maximum atomic E-state index is 2.84. The normalized spacial score (nSPS) is 12.1. The van der Waals surface area contributed by atoms with Gasteiger partial charge in [0.25, 0.3) is 0 Å². The van der Waals surface area contributed by atoms with Crippen molar-refractivity contribution in [1.82, 2.24) is 0 Å². The first kappa shape index (κ1) is 23.1. The van der Waals surface area contributed by atoms with Crippen molar-refractivity contribution in [3.8, 4) is 0 Å². The van der Waals surface area contributed by atoms with E-state index in [4.69, 9.17) is 0 Å². The zero-order valence-corrected chi connectivity index (χ0v) is 20.6. The molecule has 0 unspecified atom stereocenters. The first-order chi connectivity index (χ1) is 12.3. The van der Waals surface area contributed by atoms with Gasteiger partial charge in [0.05, 0.1) is 0 Å². The molecule has 0 amide bonds. The second-order valence-electron chi connectivity index (χ2n) is 7.38. The van der Waals surface area contributed by atoms with Crippen LogP contribution in [0.25, 0.3) is 0 Å². The Labute approximate surface area is 166 Å². The van der Waals surface area contributed by atoms with Gasteiger partial charge in [-0.15, -0.1) is 0 Å². The maximum absolute atomic E-state index is 2.84. The van der Waals surface area contributed by atoms with Crippen LogP contribution in [0.1, 0.15) is 72.1 Å². The summed E-state index contributed by atoms with van der Waals surface area (Å²) in [4.78, 5) is 1.41. The minimum atomic E-state index is -2.02. The molecule has 0 fully saturated rings. The molecule has 0 heterocycles. The summed E-state index contributed by atoms with van der Waals surface area (Å²) in [5.74, 6) is 1.25. The molecule has 1 aromatic rings. The summed E-state index contributed by atoms with van der Waals surface area (Å²) in [6.45, 7) is 7.09. The molecule has 2 heteroatoms. The van der Waals surface area contributed by atoms with E-state index in [0.29, 0.717) is 0 Å². The average Bonchev–Trinajstić information content (AvgIpc) is 2.66. The van der Waals surface area contributed by atoms with E-state index in [-0.39, 0.29) is 0 Å². The first-order valence-electron chi connectivity index (χ1n) is 10.6. The summed E-state index contributed by atoms with van der Waals surface area (Å²) in [5.41, 5.74) is 0. The summed E-state index contributed by atoms with van der Waals surface area (Å²) < 4.78 is 7.63. The van der Waals surface area contributed by atoms with E-state index >= 15 is 0 Å².